The number of halogens is 1. The fourth-order valence-corrected chi connectivity index (χ4v) is 2.39. The second kappa shape index (κ2) is 12.2. The van der Waals surface area contributed by atoms with Crippen LogP contribution in [0.2, 0.25) is 0 Å². The molecule has 0 aliphatic carbocycles. The summed E-state index contributed by atoms with van der Waals surface area (Å²) < 4.78 is 5.56. The van der Waals surface area contributed by atoms with Gasteiger partial charge >= 0.3 is 0 Å². The zero-order valence-corrected chi connectivity index (χ0v) is 15.7. The van der Waals surface area contributed by atoms with Crippen molar-refractivity contribution < 1.29 is 9.53 Å². The van der Waals surface area contributed by atoms with Gasteiger partial charge in [-0.1, -0.05) is 40.6 Å². The molecule has 4 heteroatoms. The van der Waals surface area contributed by atoms with Crippen LogP contribution < -0.4 is 0 Å². The topological polar surface area (TPSA) is 29.5 Å². The van der Waals surface area contributed by atoms with Crippen molar-refractivity contribution in [2.75, 3.05) is 32.6 Å². The molecular formula is C19H26BrNO2. The first-order valence-corrected chi connectivity index (χ1v) is 9.21. The molecule has 0 N–H and O–H groups in total. The highest BCUT2D eigenvalue weighted by molar-refractivity contribution is 9.09. The maximum Gasteiger partial charge on any atom is 0.253 e. The van der Waals surface area contributed by atoms with Crippen molar-refractivity contribution in [3.63, 3.8) is 0 Å². The lowest BCUT2D eigenvalue weighted by Crippen LogP contribution is -2.21. The zero-order valence-electron chi connectivity index (χ0n) is 14.1. The lowest BCUT2D eigenvalue weighted by molar-refractivity contribution is 0.0827. The van der Waals surface area contributed by atoms with Crippen molar-refractivity contribution in [2.24, 2.45) is 0 Å². The van der Waals surface area contributed by atoms with Crippen LogP contribution in [-0.2, 0) is 4.74 Å². The molecule has 1 aromatic carbocycles. The summed E-state index contributed by atoms with van der Waals surface area (Å²) >= 11 is 3.43. The predicted molar refractivity (Wildman–Crippen MR) is 99.0 cm³/mol. The van der Waals surface area contributed by atoms with E-state index in [4.69, 9.17) is 4.74 Å². The zero-order chi connectivity index (χ0) is 16.9. The molecule has 1 rings (SSSR count). The molecule has 0 fully saturated rings. The number of carbonyl (C=O) groups excluding carboxylic acids is 1. The fraction of sp³-hybridized carbons (Fsp3) is 0.526. The standard InChI is InChI=1S/C19H26BrNO2/c1-21(2)19(22)18-12-10-17(11-13-18)9-5-8-16-23-15-7-4-3-6-14-20/h10-13H,3-4,6-8,14-16H2,1-2H3. The molecule has 0 radical (unpaired) electrons. The molecule has 0 aliphatic heterocycles. The van der Waals surface area contributed by atoms with Gasteiger partial charge in [-0.2, -0.15) is 0 Å². The van der Waals surface area contributed by atoms with Crippen LogP contribution in [0.3, 0.4) is 0 Å². The van der Waals surface area contributed by atoms with Gasteiger partial charge in [0.25, 0.3) is 5.91 Å². The maximum atomic E-state index is 11.8. The number of unbranched alkanes of at least 4 members (excludes halogenated alkanes) is 3. The highest BCUT2D eigenvalue weighted by Gasteiger charge is 2.06. The van der Waals surface area contributed by atoms with Gasteiger partial charge in [-0.25, -0.2) is 0 Å². The Morgan fingerprint density at radius 1 is 1.09 bits per heavy atom. The van der Waals surface area contributed by atoms with Crippen molar-refractivity contribution in [3.8, 4) is 11.8 Å². The molecule has 1 aromatic rings. The Morgan fingerprint density at radius 2 is 1.78 bits per heavy atom. The largest absolute Gasteiger partial charge is 0.380 e. The van der Waals surface area contributed by atoms with Crippen molar-refractivity contribution in [2.45, 2.75) is 32.1 Å². The smallest absolute Gasteiger partial charge is 0.253 e. The maximum absolute atomic E-state index is 11.8. The first kappa shape index (κ1) is 19.7. The summed E-state index contributed by atoms with van der Waals surface area (Å²) in [6.07, 6.45) is 5.60. The van der Waals surface area contributed by atoms with E-state index in [2.05, 4.69) is 27.8 Å². The Bertz CT molecular complexity index is 514. The molecule has 0 spiro atoms. The molecule has 0 unspecified atom stereocenters. The summed E-state index contributed by atoms with van der Waals surface area (Å²) in [5.41, 5.74) is 1.61. The third kappa shape index (κ3) is 8.78. The van der Waals surface area contributed by atoms with Gasteiger partial charge in [0.05, 0.1) is 6.61 Å². The molecule has 1 amide bonds. The van der Waals surface area contributed by atoms with Crippen LogP contribution >= 0.6 is 15.9 Å². The van der Waals surface area contributed by atoms with Crippen LogP contribution in [0.15, 0.2) is 24.3 Å². The van der Waals surface area contributed by atoms with Crippen LogP contribution in [0.4, 0.5) is 0 Å². The van der Waals surface area contributed by atoms with Gasteiger partial charge in [0, 0.05) is 43.6 Å². The van der Waals surface area contributed by atoms with Gasteiger partial charge in [0.1, 0.15) is 0 Å². The SMILES string of the molecule is CN(C)C(=O)c1ccc(C#CCCOCCCCCCBr)cc1. The molecule has 0 heterocycles. The summed E-state index contributed by atoms with van der Waals surface area (Å²) in [7, 11) is 3.50. The van der Waals surface area contributed by atoms with Gasteiger partial charge in [0.15, 0.2) is 0 Å². The van der Waals surface area contributed by atoms with Crippen molar-refractivity contribution >= 4 is 21.8 Å². The van der Waals surface area contributed by atoms with Crippen LogP contribution in [0.25, 0.3) is 0 Å². The van der Waals surface area contributed by atoms with Crippen molar-refractivity contribution in [1.82, 2.24) is 4.90 Å². The summed E-state index contributed by atoms with van der Waals surface area (Å²) in [5, 5.41) is 1.09. The van der Waals surface area contributed by atoms with E-state index in [1.54, 1.807) is 19.0 Å². The summed E-state index contributed by atoms with van der Waals surface area (Å²) in [4.78, 5) is 13.3. The number of hydrogen-bond donors (Lipinski definition) is 0. The monoisotopic (exact) mass is 379 g/mol. The van der Waals surface area contributed by atoms with Crippen LogP contribution in [0.5, 0.6) is 0 Å². The molecule has 126 valence electrons. The van der Waals surface area contributed by atoms with E-state index in [1.165, 1.54) is 19.3 Å². The summed E-state index contributed by atoms with van der Waals surface area (Å²) in [6.45, 7) is 1.51. The van der Waals surface area contributed by atoms with Crippen molar-refractivity contribution in [1.29, 1.82) is 0 Å². The predicted octanol–water partition coefficient (Wildman–Crippen LogP) is 4.10. The number of alkyl halides is 1. The molecule has 0 atom stereocenters. The lowest BCUT2D eigenvalue weighted by atomic mass is 10.1. The highest BCUT2D eigenvalue weighted by atomic mass is 79.9. The summed E-state index contributed by atoms with van der Waals surface area (Å²) in [5.74, 6) is 6.21. The second-order valence-corrected chi connectivity index (χ2v) is 6.34. The van der Waals surface area contributed by atoms with Crippen molar-refractivity contribution in [3.05, 3.63) is 35.4 Å². The molecular weight excluding hydrogens is 354 g/mol. The van der Waals surface area contributed by atoms with E-state index in [9.17, 15) is 4.79 Å². The average Bonchev–Trinajstić information content (AvgIpc) is 2.56. The molecule has 0 bridgehead atoms. The number of benzene rings is 1. The van der Waals surface area contributed by atoms with Gasteiger partial charge < -0.3 is 9.64 Å². The second-order valence-electron chi connectivity index (χ2n) is 5.54. The Kier molecular flexibility index (Phi) is 10.4. The minimum Gasteiger partial charge on any atom is -0.380 e. The highest BCUT2D eigenvalue weighted by Crippen LogP contribution is 2.05. The van der Waals surface area contributed by atoms with E-state index >= 15 is 0 Å². The third-order valence-electron chi connectivity index (χ3n) is 3.31. The minimum absolute atomic E-state index is 0.00837. The van der Waals surface area contributed by atoms with E-state index in [1.807, 2.05) is 24.3 Å². The minimum atomic E-state index is 0.00837. The number of hydrogen-bond acceptors (Lipinski definition) is 2. The first-order valence-electron chi connectivity index (χ1n) is 8.09. The van der Waals surface area contributed by atoms with Gasteiger partial charge in [-0.3, -0.25) is 4.79 Å². The molecule has 3 nitrogen and oxygen atoms in total. The van der Waals surface area contributed by atoms with Crippen LogP contribution in [0, 0.1) is 11.8 Å². The quantitative estimate of drug-likeness (QED) is 0.367. The lowest BCUT2D eigenvalue weighted by Gasteiger charge is -2.09. The Hall–Kier alpha value is -1.31. The molecule has 0 aromatic heterocycles. The van der Waals surface area contributed by atoms with Gasteiger partial charge in [-0.15, -0.1) is 0 Å². The van der Waals surface area contributed by atoms with E-state index < -0.39 is 0 Å². The van der Waals surface area contributed by atoms with Crippen LogP contribution in [0.1, 0.15) is 48.0 Å². The first-order chi connectivity index (χ1) is 11.1. The number of ether oxygens (including phenoxy) is 1. The van der Waals surface area contributed by atoms with Crippen LogP contribution in [-0.4, -0.2) is 43.4 Å². The number of amides is 1. The Labute approximate surface area is 148 Å². The normalized spacial score (nSPS) is 10.0. The molecule has 23 heavy (non-hydrogen) atoms. The number of rotatable bonds is 9. The van der Waals surface area contributed by atoms with E-state index in [0.29, 0.717) is 12.2 Å². The molecule has 0 saturated heterocycles. The van der Waals surface area contributed by atoms with Gasteiger partial charge in [-0.05, 0) is 37.1 Å². The summed E-state index contributed by atoms with van der Waals surface area (Å²) in [6, 6.07) is 7.40. The average molecular weight is 380 g/mol. The molecule has 0 saturated carbocycles. The van der Waals surface area contributed by atoms with E-state index in [-0.39, 0.29) is 5.91 Å². The number of nitrogens with zero attached hydrogens (tertiary/aromatic N) is 1. The van der Waals surface area contributed by atoms with E-state index in [0.717, 1.165) is 30.3 Å². The number of carbonyl (C=O) groups is 1. The Balaban J connectivity index is 2.20. The van der Waals surface area contributed by atoms with Gasteiger partial charge in [0.2, 0.25) is 0 Å². The molecule has 0 aliphatic rings. The third-order valence-corrected chi connectivity index (χ3v) is 3.88. The fourth-order valence-electron chi connectivity index (χ4n) is 2.00. The Morgan fingerprint density at radius 3 is 2.43 bits per heavy atom.